The van der Waals surface area contributed by atoms with E-state index in [1.165, 1.54) is 0 Å². The number of nitrogens with zero attached hydrogens (tertiary/aromatic N) is 3. The van der Waals surface area contributed by atoms with Crippen LogP contribution >= 0.6 is 11.6 Å². The number of rotatable bonds is 7. The minimum absolute atomic E-state index is 0.0687. The molecular formula is C18H27ClN4O2. The topological polar surface area (TPSA) is 55.9 Å². The second-order valence-electron chi connectivity index (χ2n) is 6.15. The summed E-state index contributed by atoms with van der Waals surface area (Å²) in [7, 11) is 0. The fourth-order valence-corrected chi connectivity index (χ4v) is 3.11. The van der Waals surface area contributed by atoms with E-state index >= 15 is 0 Å². The van der Waals surface area contributed by atoms with E-state index in [-0.39, 0.29) is 11.8 Å². The molecule has 1 N–H and O–H groups in total. The van der Waals surface area contributed by atoms with Crippen molar-refractivity contribution in [1.29, 1.82) is 0 Å². The number of hydrogen-bond acceptors (Lipinski definition) is 4. The minimum Gasteiger partial charge on any atom is -0.342 e. The van der Waals surface area contributed by atoms with E-state index in [9.17, 15) is 9.59 Å². The molecule has 1 fully saturated rings. The zero-order valence-corrected chi connectivity index (χ0v) is 15.8. The van der Waals surface area contributed by atoms with Gasteiger partial charge >= 0.3 is 0 Å². The Bertz CT molecular complexity index is 584. The van der Waals surface area contributed by atoms with Gasteiger partial charge in [0.05, 0.1) is 23.8 Å². The highest BCUT2D eigenvalue weighted by atomic mass is 35.5. The van der Waals surface area contributed by atoms with Gasteiger partial charge in [-0.15, -0.1) is 0 Å². The number of halogens is 1. The van der Waals surface area contributed by atoms with Gasteiger partial charge in [0.2, 0.25) is 11.8 Å². The molecule has 1 aliphatic rings. The van der Waals surface area contributed by atoms with Crippen LogP contribution in [0.3, 0.4) is 0 Å². The number of likely N-dealkylation sites (N-methyl/N-ethyl adjacent to an activating group) is 1. The molecule has 0 aliphatic carbocycles. The molecule has 7 heteroatoms. The standard InChI is InChI=1S/C18H27ClN4O2/c1-3-23(4-2)18(25)14-22-11-9-21(10-12-22)13-17(24)20-16-8-6-5-7-15(16)19/h5-8H,3-4,9-14H2,1-2H3,(H,20,24). The Labute approximate surface area is 154 Å². The number of amides is 2. The predicted molar refractivity (Wildman–Crippen MR) is 101 cm³/mol. The summed E-state index contributed by atoms with van der Waals surface area (Å²) in [4.78, 5) is 30.4. The Morgan fingerprint density at radius 3 is 2.16 bits per heavy atom. The van der Waals surface area contributed by atoms with Crippen LogP contribution in [-0.2, 0) is 9.59 Å². The lowest BCUT2D eigenvalue weighted by molar-refractivity contribution is -0.132. The monoisotopic (exact) mass is 366 g/mol. The van der Waals surface area contributed by atoms with E-state index in [4.69, 9.17) is 11.6 Å². The summed E-state index contributed by atoms with van der Waals surface area (Å²) in [6, 6.07) is 7.21. The molecule has 6 nitrogen and oxygen atoms in total. The van der Waals surface area contributed by atoms with Crippen molar-refractivity contribution in [1.82, 2.24) is 14.7 Å². The van der Waals surface area contributed by atoms with Gasteiger partial charge in [-0.3, -0.25) is 19.4 Å². The molecule has 0 bridgehead atoms. The quantitative estimate of drug-likeness (QED) is 0.799. The van der Waals surface area contributed by atoms with Crippen molar-refractivity contribution in [3.63, 3.8) is 0 Å². The molecule has 1 saturated heterocycles. The van der Waals surface area contributed by atoms with Gasteiger partial charge in [0, 0.05) is 39.3 Å². The van der Waals surface area contributed by atoms with Crippen LogP contribution in [0, 0.1) is 0 Å². The first-order valence-corrected chi connectivity index (χ1v) is 9.18. The van der Waals surface area contributed by atoms with E-state index in [0.29, 0.717) is 23.8 Å². The summed E-state index contributed by atoms with van der Waals surface area (Å²) < 4.78 is 0. The summed E-state index contributed by atoms with van der Waals surface area (Å²) in [5, 5.41) is 3.38. The highest BCUT2D eigenvalue weighted by Crippen LogP contribution is 2.20. The average Bonchev–Trinajstić information content (AvgIpc) is 2.60. The van der Waals surface area contributed by atoms with Crippen molar-refractivity contribution >= 4 is 29.1 Å². The molecule has 0 atom stereocenters. The van der Waals surface area contributed by atoms with Crippen LogP contribution in [0.25, 0.3) is 0 Å². The summed E-state index contributed by atoms with van der Waals surface area (Å²) in [6.45, 7) is 9.44. The van der Waals surface area contributed by atoms with Crippen LogP contribution in [0.2, 0.25) is 5.02 Å². The average molecular weight is 367 g/mol. The third-order valence-corrected chi connectivity index (χ3v) is 4.78. The van der Waals surface area contributed by atoms with Crippen molar-refractivity contribution in [2.45, 2.75) is 13.8 Å². The summed E-state index contributed by atoms with van der Waals surface area (Å²) in [5.74, 6) is 0.107. The lowest BCUT2D eigenvalue weighted by Crippen LogP contribution is -2.51. The molecule has 138 valence electrons. The molecule has 25 heavy (non-hydrogen) atoms. The van der Waals surface area contributed by atoms with Crippen LogP contribution in [0.4, 0.5) is 5.69 Å². The highest BCUT2D eigenvalue weighted by Gasteiger charge is 2.22. The first kappa shape index (κ1) is 19.7. The van der Waals surface area contributed by atoms with Crippen LogP contribution in [-0.4, -0.2) is 78.9 Å². The fraction of sp³-hybridized carbons (Fsp3) is 0.556. The Balaban J connectivity index is 1.74. The van der Waals surface area contributed by atoms with Gasteiger partial charge in [0.25, 0.3) is 0 Å². The van der Waals surface area contributed by atoms with Gasteiger partial charge in [-0.1, -0.05) is 23.7 Å². The van der Waals surface area contributed by atoms with Crippen molar-refractivity contribution in [2.75, 3.05) is 57.7 Å². The van der Waals surface area contributed by atoms with Gasteiger partial charge in [-0.2, -0.15) is 0 Å². The zero-order valence-electron chi connectivity index (χ0n) is 15.0. The smallest absolute Gasteiger partial charge is 0.238 e. The van der Waals surface area contributed by atoms with Crippen LogP contribution in [0.1, 0.15) is 13.8 Å². The largest absolute Gasteiger partial charge is 0.342 e. The molecular weight excluding hydrogens is 340 g/mol. The van der Waals surface area contributed by atoms with Crippen molar-refractivity contribution in [3.05, 3.63) is 29.3 Å². The fourth-order valence-electron chi connectivity index (χ4n) is 2.93. The molecule has 1 aromatic carbocycles. The van der Waals surface area contributed by atoms with Crippen LogP contribution in [0.5, 0.6) is 0 Å². The lowest BCUT2D eigenvalue weighted by atomic mass is 10.3. The number of nitrogens with one attached hydrogen (secondary N) is 1. The molecule has 0 spiro atoms. The molecule has 1 heterocycles. The SMILES string of the molecule is CCN(CC)C(=O)CN1CCN(CC(=O)Nc2ccccc2Cl)CC1. The van der Waals surface area contributed by atoms with Gasteiger partial charge < -0.3 is 10.2 Å². The maximum atomic E-state index is 12.2. The Morgan fingerprint density at radius 1 is 1.04 bits per heavy atom. The van der Waals surface area contributed by atoms with Crippen LogP contribution in [0.15, 0.2) is 24.3 Å². The van der Waals surface area contributed by atoms with Gasteiger partial charge in [0.15, 0.2) is 0 Å². The van der Waals surface area contributed by atoms with Crippen molar-refractivity contribution < 1.29 is 9.59 Å². The molecule has 0 radical (unpaired) electrons. The van der Waals surface area contributed by atoms with Gasteiger partial charge in [-0.25, -0.2) is 0 Å². The Morgan fingerprint density at radius 2 is 1.60 bits per heavy atom. The molecule has 2 rings (SSSR count). The van der Waals surface area contributed by atoms with Gasteiger partial charge in [-0.05, 0) is 26.0 Å². The number of para-hydroxylation sites is 1. The normalized spacial score (nSPS) is 15.8. The van der Waals surface area contributed by atoms with E-state index in [2.05, 4.69) is 15.1 Å². The number of hydrogen-bond donors (Lipinski definition) is 1. The molecule has 1 aromatic rings. The predicted octanol–water partition coefficient (Wildman–Crippen LogP) is 1.76. The maximum absolute atomic E-state index is 12.2. The molecule has 0 saturated carbocycles. The minimum atomic E-state index is -0.0687. The highest BCUT2D eigenvalue weighted by molar-refractivity contribution is 6.33. The zero-order chi connectivity index (χ0) is 18.2. The van der Waals surface area contributed by atoms with Crippen molar-refractivity contribution in [3.8, 4) is 0 Å². The third kappa shape index (κ3) is 5.99. The lowest BCUT2D eigenvalue weighted by Gasteiger charge is -2.34. The number of benzene rings is 1. The number of anilines is 1. The van der Waals surface area contributed by atoms with Crippen LogP contribution < -0.4 is 5.32 Å². The first-order valence-electron chi connectivity index (χ1n) is 8.80. The number of piperazine rings is 1. The first-order chi connectivity index (χ1) is 12.0. The van der Waals surface area contributed by atoms with Crippen molar-refractivity contribution in [2.24, 2.45) is 0 Å². The Kier molecular flexibility index (Phi) is 7.68. The molecule has 1 aliphatic heterocycles. The molecule has 0 aromatic heterocycles. The second kappa shape index (κ2) is 9.75. The van der Waals surface area contributed by atoms with E-state index in [1.54, 1.807) is 12.1 Å². The summed E-state index contributed by atoms with van der Waals surface area (Å²) in [5.41, 5.74) is 0.637. The maximum Gasteiger partial charge on any atom is 0.238 e. The van der Waals surface area contributed by atoms with Gasteiger partial charge in [0.1, 0.15) is 0 Å². The van der Waals surface area contributed by atoms with E-state index in [1.807, 2.05) is 30.9 Å². The second-order valence-corrected chi connectivity index (χ2v) is 6.55. The third-order valence-electron chi connectivity index (χ3n) is 4.46. The summed E-state index contributed by atoms with van der Waals surface area (Å²) in [6.07, 6.45) is 0. The Hall–Kier alpha value is -1.63. The molecule has 2 amide bonds. The summed E-state index contributed by atoms with van der Waals surface area (Å²) >= 11 is 6.06. The number of carbonyl (C=O) groups is 2. The van der Waals surface area contributed by atoms with E-state index < -0.39 is 0 Å². The van der Waals surface area contributed by atoms with E-state index in [0.717, 1.165) is 39.3 Å². The number of carbonyl (C=O) groups excluding carboxylic acids is 2. The molecule has 0 unspecified atom stereocenters.